The van der Waals surface area contributed by atoms with Crippen molar-refractivity contribution < 1.29 is 0 Å². The maximum absolute atomic E-state index is 13.0. The van der Waals surface area contributed by atoms with Crippen molar-refractivity contribution in [1.29, 1.82) is 0 Å². The Morgan fingerprint density at radius 3 is 2.58 bits per heavy atom. The molecule has 0 amide bonds. The van der Waals surface area contributed by atoms with Crippen LogP contribution in [0.15, 0.2) is 89.0 Å². The Bertz CT molecular complexity index is 1120. The molecule has 0 atom stereocenters. The first kappa shape index (κ1) is 15.7. The fraction of sp³-hybridized carbons (Fsp3) is 0. The van der Waals surface area contributed by atoms with Crippen molar-refractivity contribution in [2.45, 2.75) is 0 Å². The summed E-state index contributed by atoms with van der Waals surface area (Å²) >= 11 is 0. The van der Waals surface area contributed by atoms with E-state index in [9.17, 15) is 4.79 Å². The van der Waals surface area contributed by atoms with E-state index in [-0.39, 0.29) is 5.56 Å². The number of pyridine rings is 1. The molecule has 0 spiro atoms. The highest BCUT2D eigenvalue weighted by molar-refractivity contribution is 5.81. The standard InChI is InChI=1S/C20H15N5O/c26-19-17-10-4-5-11-18(17)23-20(25(19)16-8-2-1-3-9-16)24-22-14-15-7-6-12-21-13-15/h1-14H,(H,23,24). The van der Waals surface area contributed by atoms with Crippen LogP contribution in [0.4, 0.5) is 5.95 Å². The van der Waals surface area contributed by atoms with Crippen LogP contribution in [0.3, 0.4) is 0 Å². The monoisotopic (exact) mass is 341 g/mol. The largest absolute Gasteiger partial charge is 0.268 e. The van der Waals surface area contributed by atoms with Crippen LogP contribution < -0.4 is 11.0 Å². The molecule has 6 heteroatoms. The van der Waals surface area contributed by atoms with Crippen LogP contribution in [-0.2, 0) is 0 Å². The van der Waals surface area contributed by atoms with E-state index in [0.29, 0.717) is 16.9 Å². The highest BCUT2D eigenvalue weighted by Crippen LogP contribution is 2.16. The zero-order valence-corrected chi connectivity index (χ0v) is 13.8. The Morgan fingerprint density at radius 2 is 1.77 bits per heavy atom. The zero-order valence-electron chi connectivity index (χ0n) is 13.8. The van der Waals surface area contributed by atoms with Crippen molar-refractivity contribution in [2.75, 3.05) is 5.43 Å². The van der Waals surface area contributed by atoms with Crippen molar-refractivity contribution in [2.24, 2.45) is 5.10 Å². The smallest absolute Gasteiger partial charge is 0.267 e. The summed E-state index contributed by atoms with van der Waals surface area (Å²) in [5.41, 5.74) is 4.91. The number of fused-ring (bicyclic) bond motifs is 1. The van der Waals surface area contributed by atoms with Crippen LogP contribution in [0.25, 0.3) is 16.6 Å². The molecule has 0 aliphatic carbocycles. The van der Waals surface area contributed by atoms with Crippen LogP contribution >= 0.6 is 0 Å². The van der Waals surface area contributed by atoms with Gasteiger partial charge in [0.15, 0.2) is 0 Å². The molecule has 2 aromatic carbocycles. The maximum Gasteiger partial charge on any atom is 0.267 e. The van der Waals surface area contributed by atoms with Gasteiger partial charge >= 0.3 is 0 Å². The number of hydrazone groups is 1. The molecule has 126 valence electrons. The van der Waals surface area contributed by atoms with Gasteiger partial charge in [-0.3, -0.25) is 9.78 Å². The first-order valence-corrected chi connectivity index (χ1v) is 8.09. The molecule has 1 N–H and O–H groups in total. The number of para-hydroxylation sites is 2. The number of hydrogen-bond donors (Lipinski definition) is 1. The summed E-state index contributed by atoms with van der Waals surface area (Å²) in [6, 6.07) is 20.3. The van der Waals surface area contributed by atoms with Gasteiger partial charge < -0.3 is 0 Å². The third kappa shape index (κ3) is 3.08. The molecule has 0 saturated carbocycles. The number of nitrogens with zero attached hydrogens (tertiary/aromatic N) is 4. The Balaban J connectivity index is 1.82. The number of hydrogen-bond acceptors (Lipinski definition) is 5. The van der Waals surface area contributed by atoms with Gasteiger partial charge in [0.05, 0.1) is 22.8 Å². The first-order valence-electron chi connectivity index (χ1n) is 8.09. The maximum atomic E-state index is 13.0. The van der Waals surface area contributed by atoms with E-state index in [1.165, 1.54) is 4.57 Å². The lowest BCUT2D eigenvalue weighted by Gasteiger charge is -2.12. The Labute approximate surface area is 149 Å². The fourth-order valence-electron chi connectivity index (χ4n) is 2.64. The quantitative estimate of drug-likeness (QED) is 0.457. The summed E-state index contributed by atoms with van der Waals surface area (Å²) in [7, 11) is 0. The second-order valence-corrected chi connectivity index (χ2v) is 5.59. The lowest BCUT2D eigenvalue weighted by Crippen LogP contribution is -2.22. The van der Waals surface area contributed by atoms with Crippen LogP contribution in [0, 0.1) is 0 Å². The molecule has 4 rings (SSSR count). The molecule has 2 heterocycles. The van der Waals surface area contributed by atoms with Gasteiger partial charge in [0, 0.05) is 18.0 Å². The molecule has 0 unspecified atom stereocenters. The van der Waals surface area contributed by atoms with E-state index in [2.05, 4.69) is 20.5 Å². The minimum Gasteiger partial charge on any atom is -0.268 e. The summed E-state index contributed by atoms with van der Waals surface area (Å²) in [6.07, 6.45) is 5.02. The molecule has 0 saturated heterocycles. The lowest BCUT2D eigenvalue weighted by atomic mass is 10.2. The fourth-order valence-corrected chi connectivity index (χ4v) is 2.64. The van der Waals surface area contributed by atoms with Gasteiger partial charge in [0.25, 0.3) is 5.56 Å². The normalized spacial score (nSPS) is 11.1. The van der Waals surface area contributed by atoms with Crippen molar-refractivity contribution in [1.82, 2.24) is 14.5 Å². The molecule has 0 aliphatic rings. The third-order valence-corrected chi connectivity index (χ3v) is 3.85. The SMILES string of the molecule is O=c1c2ccccc2nc(NN=Cc2cccnc2)n1-c1ccccc1. The van der Waals surface area contributed by atoms with Crippen LogP contribution in [0.2, 0.25) is 0 Å². The van der Waals surface area contributed by atoms with Crippen LogP contribution in [0.1, 0.15) is 5.56 Å². The minimum atomic E-state index is -0.152. The molecule has 0 bridgehead atoms. The Hall–Kier alpha value is -3.80. The number of nitrogens with one attached hydrogen (secondary N) is 1. The third-order valence-electron chi connectivity index (χ3n) is 3.85. The summed E-state index contributed by atoms with van der Waals surface area (Å²) < 4.78 is 1.52. The molecular formula is C20H15N5O. The molecule has 6 nitrogen and oxygen atoms in total. The lowest BCUT2D eigenvalue weighted by molar-refractivity contribution is 0.956. The molecule has 0 aliphatic heterocycles. The van der Waals surface area contributed by atoms with Gasteiger partial charge in [-0.15, -0.1) is 0 Å². The van der Waals surface area contributed by atoms with Gasteiger partial charge in [0.1, 0.15) is 0 Å². The van der Waals surface area contributed by atoms with Crippen molar-refractivity contribution in [3.05, 3.63) is 95.0 Å². The average Bonchev–Trinajstić information content (AvgIpc) is 2.70. The number of anilines is 1. The number of benzene rings is 2. The molecule has 0 radical (unpaired) electrons. The summed E-state index contributed by atoms with van der Waals surface area (Å²) in [6.45, 7) is 0. The van der Waals surface area contributed by atoms with Gasteiger partial charge in [-0.2, -0.15) is 5.10 Å². The van der Waals surface area contributed by atoms with E-state index in [4.69, 9.17) is 0 Å². The van der Waals surface area contributed by atoms with Crippen molar-refractivity contribution in [3.63, 3.8) is 0 Å². The van der Waals surface area contributed by atoms with E-state index in [1.54, 1.807) is 24.7 Å². The first-order chi connectivity index (χ1) is 12.8. The topological polar surface area (TPSA) is 72.2 Å². The predicted molar refractivity (Wildman–Crippen MR) is 103 cm³/mol. The van der Waals surface area contributed by atoms with E-state index < -0.39 is 0 Å². The molecule has 0 fully saturated rings. The molecular weight excluding hydrogens is 326 g/mol. The summed E-state index contributed by atoms with van der Waals surface area (Å²) in [5.74, 6) is 0.347. The number of aromatic nitrogens is 3. The van der Waals surface area contributed by atoms with Gasteiger partial charge in [-0.1, -0.05) is 36.4 Å². The summed E-state index contributed by atoms with van der Waals surface area (Å²) in [5, 5.41) is 4.76. The zero-order chi connectivity index (χ0) is 17.8. The highest BCUT2D eigenvalue weighted by Gasteiger charge is 2.11. The van der Waals surface area contributed by atoms with Gasteiger partial charge in [-0.05, 0) is 30.3 Å². The average molecular weight is 341 g/mol. The molecule has 26 heavy (non-hydrogen) atoms. The molecule has 4 aromatic rings. The Kier molecular flexibility index (Phi) is 4.22. The second-order valence-electron chi connectivity index (χ2n) is 5.59. The van der Waals surface area contributed by atoms with Gasteiger partial charge in [0.2, 0.25) is 5.95 Å². The van der Waals surface area contributed by atoms with Gasteiger partial charge in [-0.25, -0.2) is 15.0 Å². The second kappa shape index (κ2) is 6.98. The molecule has 2 aromatic heterocycles. The van der Waals surface area contributed by atoms with Crippen LogP contribution in [0.5, 0.6) is 0 Å². The number of rotatable bonds is 4. The Morgan fingerprint density at radius 1 is 0.962 bits per heavy atom. The van der Waals surface area contributed by atoms with Crippen LogP contribution in [-0.4, -0.2) is 20.7 Å². The van der Waals surface area contributed by atoms with Crippen molar-refractivity contribution in [3.8, 4) is 5.69 Å². The van der Waals surface area contributed by atoms with E-state index in [1.807, 2.05) is 60.7 Å². The minimum absolute atomic E-state index is 0.152. The predicted octanol–water partition coefficient (Wildman–Crippen LogP) is 3.23. The summed E-state index contributed by atoms with van der Waals surface area (Å²) in [4.78, 5) is 21.6. The van der Waals surface area contributed by atoms with Crippen molar-refractivity contribution >= 4 is 23.1 Å². The van der Waals surface area contributed by atoms with E-state index in [0.717, 1.165) is 11.3 Å². The highest BCUT2D eigenvalue weighted by atomic mass is 16.1. The van der Waals surface area contributed by atoms with E-state index >= 15 is 0 Å².